The molecule has 0 aromatic heterocycles. The van der Waals surface area contributed by atoms with E-state index in [-0.39, 0.29) is 11.3 Å². The Kier molecular flexibility index (Phi) is 2.57. The summed E-state index contributed by atoms with van der Waals surface area (Å²) >= 11 is 0. The van der Waals surface area contributed by atoms with Gasteiger partial charge in [0.15, 0.2) is 5.75 Å². The van der Waals surface area contributed by atoms with Crippen molar-refractivity contribution in [1.29, 1.82) is 0 Å². The average molecular weight is 197 g/mol. The molecule has 0 bridgehead atoms. The summed E-state index contributed by atoms with van der Waals surface area (Å²) in [6, 6.07) is 3.76. The fourth-order valence-corrected chi connectivity index (χ4v) is 0.932. The van der Waals surface area contributed by atoms with Crippen molar-refractivity contribution in [3.05, 3.63) is 23.8 Å². The molecular formula is C8H7NO5. The third kappa shape index (κ3) is 1.92. The van der Waals surface area contributed by atoms with E-state index in [9.17, 15) is 14.7 Å². The fourth-order valence-electron chi connectivity index (χ4n) is 0.932. The van der Waals surface area contributed by atoms with Crippen LogP contribution in [-0.2, 0) is 0 Å². The van der Waals surface area contributed by atoms with Crippen LogP contribution in [0.1, 0.15) is 10.4 Å². The molecule has 1 amide bonds. The molecule has 0 heterocycles. The number of phenols is 1. The Morgan fingerprint density at radius 2 is 1.86 bits per heavy atom. The molecule has 0 aliphatic rings. The minimum absolute atomic E-state index is 0.155. The number of carboxylic acid groups (broad SMARTS) is 2. The predicted octanol–water partition coefficient (Wildman–Crippen LogP) is 1.18. The molecule has 74 valence electrons. The molecule has 0 unspecified atom stereocenters. The highest BCUT2D eigenvalue weighted by atomic mass is 16.4. The van der Waals surface area contributed by atoms with Crippen molar-refractivity contribution in [2.24, 2.45) is 0 Å². The Morgan fingerprint density at radius 3 is 2.36 bits per heavy atom. The number of amides is 1. The molecule has 6 heteroatoms. The molecule has 0 fully saturated rings. The molecule has 0 saturated carbocycles. The fraction of sp³-hybridized carbons (Fsp3) is 0. The lowest BCUT2D eigenvalue weighted by Gasteiger charge is -2.05. The lowest BCUT2D eigenvalue weighted by molar-refractivity contribution is 0.0693. The van der Waals surface area contributed by atoms with Crippen molar-refractivity contribution in [1.82, 2.24) is 0 Å². The van der Waals surface area contributed by atoms with Crippen molar-refractivity contribution >= 4 is 17.7 Å². The molecule has 6 nitrogen and oxygen atoms in total. The predicted molar refractivity (Wildman–Crippen MR) is 46.7 cm³/mol. The van der Waals surface area contributed by atoms with E-state index in [1.54, 1.807) is 0 Å². The van der Waals surface area contributed by atoms with Gasteiger partial charge in [-0.05, 0) is 12.1 Å². The van der Waals surface area contributed by atoms with Crippen LogP contribution in [0.25, 0.3) is 0 Å². The van der Waals surface area contributed by atoms with Gasteiger partial charge in [-0.1, -0.05) is 6.07 Å². The zero-order chi connectivity index (χ0) is 10.7. The van der Waals surface area contributed by atoms with Crippen molar-refractivity contribution in [3.8, 4) is 5.75 Å². The van der Waals surface area contributed by atoms with Crippen LogP contribution < -0.4 is 5.32 Å². The number of anilines is 1. The zero-order valence-electron chi connectivity index (χ0n) is 6.89. The van der Waals surface area contributed by atoms with Gasteiger partial charge in [0.25, 0.3) is 0 Å². The quantitative estimate of drug-likeness (QED) is 0.532. The van der Waals surface area contributed by atoms with Gasteiger partial charge in [-0.25, -0.2) is 9.59 Å². The second-order valence-electron chi connectivity index (χ2n) is 2.44. The van der Waals surface area contributed by atoms with Crippen molar-refractivity contribution in [3.63, 3.8) is 0 Å². The molecule has 1 aromatic rings. The lowest BCUT2D eigenvalue weighted by Crippen LogP contribution is -2.08. The number of carboxylic acids is 1. The first kappa shape index (κ1) is 9.85. The third-order valence-corrected chi connectivity index (χ3v) is 1.51. The largest absolute Gasteiger partial charge is 0.505 e. The van der Waals surface area contributed by atoms with Gasteiger partial charge in [0.05, 0.1) is 5.69 Å². The second kappa shape index (κ2) is 3.65. The number of nitrogens with one attached hydrogen (secondary N) is 1. The van der Waals surface area contributed by atoms with Crippen LogP contribution in [0.15, 0.2) is 18.2 Å². The van der Waals surface area contributed by atoms with Crippen molar-refractivity contribution in [2.45, 2.75) is 0 Å². The zero-order valence-corrected chi connectivity index (χ0v) is 6.89. The monoisotopic (exact) mass is 197 g/mol. The van der Waals surface area contributed by atoms with Gasteiger partial charge in [-0.3, -0.25) is 5.32 Å². The van der Waals surface area contributed by atoms with Gasteiger partial charge in [-0.2, -0.15) is 0 Å². The maximum absolute atomic E-state index is 10.5. The van der Waals surface area contributed by atoms with Gasteiger partial charge in [0.1, 0.15) is 5.56 Å². The molecule has 0 aliphatic heterocycles. The Bertz CT molecular complexity index is 387. The normalized spacial score (nSPS) is 9.43. The van der Waals surface area contributed by atoms with E-state index in [0.29, 0.717) is 0 Å². The van der Waals surface area contributed by atoms with Crippen molar-refractivity contribution < 1.29 is 24.9 Å². The molecule has 1 aromatic carbocycles. The molecule has 0 atom stereocenters. The van der Waals surface area contributed by atoms with E-state index >= 15 is 0 Å². The summed E-state index contributed by atoms with van der Waals surface area (Å²) in [6.07, 6.45) is -1.37. The molecule has 0 radical (unpaired) electrons. The molecule has 0 saturated heterocycles. The van der Waals surface area contributed by atoms with Gasteiger partial charge in [-0.15, -0.1) is 0 Å². The van der Waals surface area contributed by atoms with Crippen LogP contribution in [0.3, 0.4) is 0 Å². The first-order valence-corrected chi connectivity index (χ1v) is 3.57. The molecular weight excluding hydrogens is 190 g/mol. The number of carbonyl (C=O) groups is 2. The molecule has 0 spiro atoms. The van der Waals surface area contributed by atoms with Gasteiger partial charge >= 0.3 is 12.1 Å². The number of hydrogen-bond donors (Lipinski definition) is 4. The molecule has 4 N–H and O–H groups in total. The Hall–Kier alpha value is -2.24. The van der Waals surface area contributed by atoms with Crippen LogP contribution in [0.4, 0.5) is 10.5 Å². The number of benzene rings is 1. The summed E-state index contributed by atoms with van der Waals surface area (Å²) in [6.45, 7) is 0. The second-order valence-corrected chi connectivity index (χ2v) is 2.44. The summed E-state index contributed by atoms with van der Waals surface area (Å²) < 4.78 is 0. The average Bonchev–Trinajstić information content (AvgIpc) is 2.07. The van der Waals surface area contributed by atoms with E-state index < -0.39 is 17.8 Å². The summed E-state index contributed by atoms with van der Waals surface area (Å²) in [5, 5.41) is 28.1. The van der Waals surface area contributed by atoms with Gasteiger partial charge in [0.2, 0.25) is 0 Å². The Morgan fingerprint density at radius 1 is 1.21 bits per heavy atom. The van der Waals surface area contributed by atoms with E-state index in [1.165, 1.54) is 18.2 Å². The first-order chi connectivity index (χ1) is 6.52. The lowest BCUT2D eigenvalue weighted by atomic mass is 10.2. The molecule has 14 heavy (non-hydrogen) atoms. The minimum atomic E-state index is -1.37. The number of hydrogen-bond acceptors (Lipinski definition) is 3. The number of aromatic hydroxyl groups is 1. The molecule has 1 rings (SSSR count). The molecule has 0 aliphatic carbocycles. The van der Waals surface area contributed by atoms with Gasteiger partial charge < -0.3 is 15.3 Å². The Labute approximate surface area is 78.4 Å². The van der Waals surface area contributed by atoms with E-state index in [2.05, 4.69) is 0 Å². The van der Waals surface area contributed by atoms with Crippen LogP contribution in [-0.4, -0.2) is 27.4 Å². The topological polar surface area (TPSA) is 107 Å². The van der Waals surface area contributed by atoms with Crippen molar-refractivity contribution in [2.75, 3.05) is 5.32 Å². The smallest absolute Gasteiger partial charge is 0.409 e. The van der Waals surface area contributed by atoms with Gasteiger partial charge in [0, 0.05) is 0 Å². The number of aromatic carboxylic acids is 1. The minimum Gasteiger partial charge on any atom is -0.505 e. The van der Waals surface area contributed by atoms with E-state index in [0.717, 1.165) is 0 Å². The van der Waals surface area contributed by atoms with E-state index in [1.807, 2.05) is 5.32 Å². The third-order valence-electron chi connectivity index (χ3n) is 1.51. The SMILES string of the molecule is O=C(O)Nc1cccc(C(=O)O)c1O. The first-order valence-electron chi connectivity index (χ1n) is 3.57. The van der Waals surface area contributed by atoms with Crippen LogP contribution in [0.5, 0.6) is 5.75 Å². The summed E-state index contributed by atoms with van der Waals surface area (Å²) in [5.74, 6) is -1.92. The maximum atomic E-state index is 10.5. The number of para-hydroxylation sites is 1. The number of rotatable bonds is 2. The standard InChI is InChI=1S/C8H7NO5/c10-6-4(7(11)12)2-1-3-5(6)9-8(13)14/h1-3,9-10H,(H,11,12)(H,13,14). The van der Waals surface area contributed by atoms with Crippen LogP contribution in [0, 0.1) is 0 Å². The summed E-state index contributed by atoms with van der Waals surface area (Å²) in [7, 11) is 0. The van der Waals surface area contributed by atoms with Crippen LogP contribution >= 0.6 is 0 Å². The maximum Gasteiger partial charge on any atom is 0.409 e. The highest BCUT2D eigenvalue weighted by Gasteiger charge is 2.13. The summed E-state index contributed by atoms with van der Waals surface area (Å²) in [5.41, 5.74) is -0.506. The highest BCUT2D eigenvalue weighted by Crippen LogP contribution is 2.27. The van der Waals surface area contributed by atoms with E-state index in [4.69, 9.17) is 10.2 Å². The highest BCUT2D eigenvalue weighted by molar-refractivity contribution is 5.95. The van der Waals surface area contributed by atoms with Crippen LogP contribution in [0.2, 0.25) is 0 Å². The Balaban J connectivity index is 3.13. The summed E-state index contributed by atoms with van der Waals surface area (Å²) in [4.78, 5) is 20.8.